The van der Waals surface area contributed by atoms with Crippen LogP contribution in [0.3, 0.4) is 0 Å². The minimum Gasteiger partial charge on any atom is -0.481 e. The average molecular weight is 693 g/mol. The van der Waals surface area contributed by atoms with Gasteiger partial charge in [-0.25, -0.2) is 17.6 Å². The van der Waals surface area contributed by atoms with Gasteiger partial charge in [-0.15, -0.1) is 11.8 Å². The number of benzene rings is 3. The Balaban J connectivity index is 1.77. The molecule has 0 saturated heterocycles. The molecular formula is C35H31F7N2O3S. The zero-order valence-corrected chi connectivity index (χ0v) is 26.6. The number of hydrogen-bond donors (Lipinski definition) is 2. The highest BCUT2D eigenvalue weighted by Crippen LogP contribution is 2.45. The van der Waals surface area contributed by atoms with Gasteiger partial charge in [-0.1, -0.05) is 54.6 Å². The van der Waals surface area contributed by atoms with E-state index in [1.54, 1.807) is 30.3 Å². The Morgan fingerprint density at radius 1 is 0.979 bits per heavy atom. The molecule has 0 aliphatic carbocycles. The zero-order valence-electron chi connectivity index (χ0n) is 25.8. The number of carbonyl (C=O) groups is 1. The maximum Gasteiger partial charge on any atom is 0.416 e. The van der Waals surface area contributed by atoms with Crippen molar-refractivity contribution in [2.45, 2.75) is 62.3 Å². The number of alkyl halides is 5. The number of nitrogens with zero attached hydrogens (tertiary/aromatic N) is 1. The molecule has 1 aliphatic rings. The number of carboxylic acid groups (broad SMARTS) is 1. The van der Waals surface area contributed by atoms with Crippen LogP contribution in [0.5, 0.6) is 0 Å². The van der Waals surface area contributed by atoms with Gasteiger partial charge in [0, 0.05) is 36.6 Å². The Bertz CT molecular complexity index is 1890. The molecular weight excluding hydrogens is 661 g/mol. The molecule has 0 amide bonds. The number of aliphatic carboxylic acids is 1. The fourth-order valence-corrected chi connectivity index (χ4v) is 7.60. The summed E-state index contributed by atoms with van der Waals surface area (Å²) >= 11 is 1.16. The van der Waals surface area contributed by atoms with Crippen molar-refractivity contribution >= 4 is 17.7 Å². The van der Waals surface area contributed by atoms with E-state index in [1.165, 1.54) is 17.6 Å². The predicted molar refractivity (Wildman–Crippen MR) is 168 cm³/mol. The van der Waals surface area contributed by atoms with Crippen molar-refractivity contribution in [3.63, 3.8) is 0 Å². The first-order chi connectivity index (χ1) is 22.6. The van der Waals surface area contributed by atoms with Crippen LogP contribution in [0.25, 0.3) is 11.1 Å². The van der Waals surface area contributed by atoms with Crippen LogP contribution in [0, 0.1) is 18.6 Å². The van der Waals surface area contributed by atoms with Gasteiger partial charge in [-0.2, -0.15) is 13.2 Å². The van der Waals surface area contributed by atoms with E-state index >= 15 is 8.78 Å². The van der Waals surface area contributed by atoms with Crippen molar-refractivity contribution in [2.75, 3.05) is 12.3 Å². The van der Waals surface area contributed by atoms with Crippen molar-refractivity contribution in [3.8, 4) is 11.1 Å². The first kappa shape index (κ1) is 35.2. The Kier molecular flexibility index (Phi) is 10.1. The van der Waals surface area contributed by atoms with Crippen LogP contribution in [0.2, 0.25) is 0 Å². The summed E-state index contributed by atoms with van der Waals surface area (Å²) in [5, 5.41) is 12.7. The van der Waals surface area contributed by atoms with Crippen molar-refractivity contribution in [2.24, 2.45) is 0 Å². The first-order valence-corrected chi connectivity index (χ1v) is 16.0. The van der Waals surface area contributed by atoms with E-state index in [0.717, 1.165) is 42.1 Å². The molecule has 2 unspecified atom stereocenters. The first-order valence-electron chi connectivity index (χ1n) is 15.0. The molecule has 1 aliphatic heterocycles. The Morgan fingerprint density at radius 2 is 1.65 bits per heavy atom. The number of pyridine rings is 1. The summed E-state index contributed by atoms with van der Waals surface area (Å²) in [7, 11) is 0. The lowest BCUT2D eigenvalue weighted by Crippen LogP contribution is -2.36. The van der Waals surface area contributed by atoms with Gasteiger partial charge in [0.2, 0.25) is 0 Å². The monoisotopic (exact) mass is 692 g/mol. The van der Waals surface area contributed by atoms with E-state index in [2.05, 4.69) is 5.32 Å². The lowest BCUT2D eigenvalue weighted by molar-refractivity contribution is -0.138. The normalized spacial score (nSPS) is 15.4. The molecule has 13 heteroatoms. The van der Waals surface area contributed by atoms with Crippen LogP contribution >= 0.6 is 11.8 Å². The second kappa shape index (κ2) is 13.8. The number of fused-ring (bicyclic) bond motifs is 1. The molecule has 2 atom stereocenters. The Morgan fingerprint density at radius 3 is 2.29 bits per heavy atom. The fraction of sp³-hybridized carbons (Fsp3) is 0.314. The highest BCUT2D eigenvalue weighted by Gasteiger charge is 2.39. The number of hydrogen-bond acceptors (Lipinski definition) is 4. The summed E-state index contributed by atoms with van der Waals surface area (Å²) in [6.45, 7) is 2.13. The summed E-state index contributed by atoms with van der Waals surface area (Å²) < 4.78 is 104. The van der Waals surface area contributed by atoms with Gasteiger partial charge in [0.15, 0.2) is 0 Å². The van der Waals surface area contributed by atoms with Crippen LogP contribution in [0.15, 0.2) is 76.6 Å². The largest absolute Gasteiger partial charge is 0.481 e. The van der Waals surface area contributed by atoms with Gasteiger partial charge < -0.3 is 10.4 Å². The average Bonchev–Trinajstić information content (AvgIpc) is 3.45. The molecule has 3 aromatic carbocycles. The summed E-state index contributed by atoms with van der Waals surface area (Å²) in [4.78, 5) is 25.6. The molecule has 5 rings (SSSR count). The van der Waals surface area contributed by atoms with Crippen LogP contribution in [-0.2, 0) is 23.3 Å². The van der Waals surface area contributed by atoms with Gasteiger partial charge in [-0.3, -0.25) is 14.2 Å². The SMILES string of the molecule is Cc1c(Cc2c(F)cccc2C(F)(F)F)c2n(c(=O)c1-c1cccc(C(C)(F)F)c1F)C(C(NCCCC(=O)O)c1ccccc1)CS2. The second-order valence-corrected chi connectivity index (χ2v) is 12.7. The molecule has 0 saturated carbocycles. The topological polar surface area (TPSA) is 71.3 Å². The highest BCUT2D eigenvalue weighted by molar-refractivity contribution is 7.99. The highest BCUT2D eigenvalue weighted by atomic mass is 32.2. The Hall–Kier alpha value is -4.10. The van der Waals surface area contributed by atoms with Gasteiger partial charge in [0.25, 0.3) is 11.5 Å². The van der Waals surface area contributed by atoms with E-state index < -0.39 is 76.0 Å². The number of thioether (sulfide) groups is 1. The van der Waals surface area contributed by atoms with Crippen molar-refractivity contribution in [1.82, 2.24) is 9.88 Å². The van der Waals surface area contributed by atoms with Gasteiger partial charge in [0.1, 0.15) is 11.6 Å². The molecule has 48 heavy (non-hydrogen) atoms. The molecule has 2 heterocycles. The van der Waals surface area contributed by atoms with Crippen LogP contribution in [0.1, 0.15) is 65.2 Å². The molecule has 0 bridgehead atoms. The Labute approximate surface area is 275 Å². The summed E-state index contributed by atoms with van der Waals surface area (Å²) in [6, 6.07) is 13.3. The molecule has 0 spiro atoms. The predicted octanol–water partition coefficient (Wildman–Crippen LogP) is 8.67. The molecule has 0 fully saturated rings. The number of carboxylic acids is 1. The van der Waals surface area contributed by atoms with Crippen LogP contribution in [0.4, 0.5) is 30.7 Å². The number of rotatable bonds is 11. The maximum absolute atomic E-state index is 15.9. The third kappa shape index (κ3) is 7.02. The van der Waals surface area contributed by atoms with E-state index in [1.807, 2.05) is 0 Å². The molecule has 1 aromatic heterocycles. The fourth-order valence-electron chi connectivity index (χ4n) is 6.18. The molecule has 0 radical (unpaired) electrons. The smallest absolute Gasteiger partial charge is 0.416 e. The van der Waals surface area contributed by atoms with Gasteiger partial charge in [0.05, 0.1) is 33.8 Å². The maximum atomic E-state index is 15.9. The molecule has 2 N–H and O–H groups in total. The number of nitrogens with one attached hydrogen (secondary N) is 1. The zero-order chi connectivity index (χ0) is 35.0. The molecule has 4 aromatic rings. The lowest BCUT2D eigenvalue weighted by atomic mass is 9.91. The third-order valence-corrected chi connectivity index (χ3v) is 9.68. The van der Waals surface area contributed by atoms with Crippen LogP contribution < -0.4 is 10.9 Å². The van der Waals surface area contributed by atoms with Crippen molar-refractivity contribution in [3.05, 3.63) is 122 Å². The quantitative estimate of drug-likeness (QED) is 0.122. The third-order valence-electron chi connectivity index (χ3n) is 8.45. The van der Waals surface area contributed by atoms with Crippen molar-refractivity contribution < 1.29 is 40.6 Å². The summed E-state index contributed by atoms with van der Waals surface area (Å²) in [6.07, 6.45) is -5.41. The van der Waals surface area contributed by atoms with Gasteiger partial charge in [-0.05, 0) is 48.7 Å². The number of aromatic nitrogens is 1. The van der Waals surface area contributed by atoms with E-state index in [0.29, 0.717) is 12.5 Å². The number of halogens is 7. The van der Waals surface area contributed by atoms with E-state index in [9.17, 15) is 31.5 Å². The minimum absolute atomic E-state index is 0.0388. The summed E-state index contributed by atoms with van der Waals surface area (Å²) in [5.41, 5.74) is -3.52. The van der Waals surface area contributed by atoms with Crippen molar-refractivity contribution in [1.29, 1.82) is 0 Å². The minimum atomic E-state index is -4.91. The summed E-state index contributed by atoms with van der Waals surface area (Å²) in [5.74, 6) is -6.88. The second-order valence-electron chi connectivity index (χ2n) is 11.7. The van der Waals surface area contributed by atoms with E-state index in [4.69, 9.17) is 5.11 Å². The standard InChI is InChI=1S/C35H31F7N2O3S/c1-19-22(17-23-24(35(40,41)42)12-7-14-26(23)36)33-44(32(47)29(19)21-11-6-13-25(30(21)37)34(2,38)39)27(18-48-33)31(20-9-4-3-5-10-20)43-16-8-15-28(45)46/h3-7,9-14,27,31,43H,8,15-18H2,1-2H3,(H,45,46). The van der Waals surface area contributed by atoms with E-state index in [-0.39, 0.29) is 46.9 Å². The molecule has 254 valence electrons. The van der Waals surface area contributed by atoms with Crippen LogP contribution in [-0.4, -0.2) is 27.9 Å². The van der Waals surface area contributed by atoms with Gasteiger partial charge >= 0.3 is 12.1 Å². The lowest BCUT2D eigenvalue weighted by Gasteiger charge is -2.28. The molecule has 5 nitrogen and oxygen atoms in total.